The van der Waals surface area contributed by atoms with Gasteiger partial charge in [0.1, 0.15) is 11.9 Å². The number of rotatable bonds is 6. The number of carbonyl (C=O) groups is 1. The molecule has 1 aromatic heterocycles. The highest BCUT2D eigenvalue weighted by atomic mass is 16.1. The Bertz CT molecular complexity index is 863. The lowest BCUT2D eigenvalue weighted by Crippen LogP contribution is -2.33. The van der Waals surface area contributed by atoms with Gasteiger partial charge >= 0.3 is 0 Å². The number of hydrogen-bond donors (Lipinski definition) is 2. The van der Waals surface area contributed by atoms with Crippen LogP contribution < -0.4 is 10.6 Å². The van der Waals surface area contributed by atoms with Gasteiger partial charge in [0.05, 0.1) is 11.1 Å². The summed E-state index contributed by atoms with van der Waals surface area (Å²) in [6, 6.07) is 8.29. The van der Waals surface area contributed by atoms with E-state index in [-0.39, 0.29) is 11.8 Å². The predicted octanol–water partition coefficient (Wildman–Crippen LogP) is 4.22. The van der Waals surface area contributed by atoms with Crippen molar-refractivity contribution in [2.24, 2.45) is 5.92 Å². The number of aryl methyl sites for hydroxylation is 2. The molecule has 1 heterocycles. The van der Waals surface area contributed by atoms with Gasteiger partial charge < -0.3 is 10.6 Å². The van der Waals surface area contributed by atoms with Crippen LogP contribution in [0.4, 0.5) is 5.82 Å². The number of carbonyl (C=O) groups excluding carboxylic acids is 1. The number of nitrogens with zero attached hydrogens (tertiary/aromatic N) is 2. The molecule has 2 N–H and O–H groups in total. The maximum absolute atomic E-state index is 12.2. The molecule has 1 aromatic carbocycles. The smallest absolute Gasteiger partial charge is 0.223 e. The van der Waals surface area contributed by atoms with Crippen LogP contribution in [0.3, 0.4) is 0 Å². The highest BCUT2D eigenvalue weighted by molar-refractivity contribution is 5.86. The van der Waals surface area contributed by atoms with E-state index in [1.807, 2.05) is 19.9 Å². The third kappa shape index (κ3) is 4.77. The average molecular weight is 364 g/mol. The molecular formula is C22H28N4O. The van der Waals surface area contributed by atoms with Crippen molar-refractivity contribution < 1.29 is 4.79 Å². The van der Waals surface area contributed by atoms with Crippen molar-refractivity contribution in [3.05, 3.63) is 34.9 Å². The van der Waals surface area contributed by atoms with Crippen LogP contribution in [-0.2, 0) is 4.79 Å². The number of aromatic nitrogens is 1. The van der Waals surface area contributed by atoms with Gasteiger partial charge in [-0.1, -0.05) is 30.9 Å². The summed E-state index contributed by atoms with van der Waals surface area (Å²) in [6.07, 6.45) is 6.44. The lowest BCUT2D eigenvalue weighted by molar-refractivity contribution is -0.125. The molecule has 0 unspecified atom stereocenters. The molecule has 142 valence electrons. The fourth-order valence-electron chi connectivity index (χ4n) is 3.89. The summed E-state index contributed by atoms with van der Waals surface area (Å²) in [5.41, 5.74) is 3.75. The molecule has 2 aromatic rings. The van der Waals surface area contributed by atoms with Crippen LogP contribution in [0.25, 0.3) is 10.9 Å². The maximum atomic E-state index is 12.2. The number of amides is 1. The SMILES string of the molecule is Cc1cc(C)c2nc(NCCCNC(=O)C3CCCCC3)c(C#N)cc2c1. The Morgan fingerprint density at radius 3 is 2.70 bits per heavy atom. The van der Waals surface area contributed by atoms with Crippen LogP contribution in [0.15, 0.2) is 18.2 Å². The van der Waals surface area contributed by atoms with E-state index in [1.165, 1.54) is 24.8 Å². The third-order valence-corrected chi connectivity index (χ3v) is 5.29. The fourth-order valence-corrected chi connectivity index (χ4v) is 3.89. The van der Waals surface area contributed by atoms with Crippen LogP contribution in [0, 0.1) is 31.1 Å². The lowest BCUT2D eigenvalue weighted by atomic mass is 9.89. The largest absolute Gasteiger partial charge is 0.369 e. The third-order valence-electron chi connectivity index (χ3n) is 5.29. The second-order valence-corrected chi connectivity index (χ2v) is 7.56. The van der Waals surface area contributed by atoms with E-state index in [0.29, 0.717) is 24.5 Å². The summed E-state index contributed by atoms with van der Waals surface area (Å²) >= 11 is 0. The zero-order chi connectivity index (χ0) is 19.2. The maximum Gasteiger partial charge on any atom is 0.223 e. The van der Waals surface area contributed by atoms with Gasteiger partial charge in [0.25, 0.3) is 0 Å². The minimum Gasteiger partial charge on any atom is -0.369 e. The first-order valence-corrected chi connectivity index (χ1v) is 9.92. The Hall–Kier alpha value is -2.61. The quantitative estimate of drug-likeness (QED) is 0.752. The van der Waals surface area contributed by atoms with Gasteiger partial charge in [-0.3, -0.25) is 4.79 Å². The van der Waals surface area contributed by atoms with E-state index in [1.54, 1.807) is 0 Å². The van der Waals surface area contributed by atoms with E-state index in [9.17, 15) is 10.1 Å². The summed E-state index contributed by atoms with van der Waals surface area (Å²) in [7, 11) is 0. The minimum absolute atomic E-state index is 0.197. The molecule has 27 heavy (non-hydrogen) atoms. The second-order valence-electron chi connectivity index (χ2n) is 7.56. The van der Waals surface area contributed by atoms with Crippen molar-refractivity contribution in [2.75, 3.05) is 18.4 Å². The topological polar surface area (TPSA) is 77.8 Å². The molecule has 0 spiro atoms. The summed E-state index contributed by atoms with van der Waals surface area (Å²) in [4.78, 5) is 16.8. The van der Waals surface area contributed by atoms with Crippen LogP contribution in [0.1, 0.15) is 55.2 Å². The normalized spacial score (nSPS) is 14.7. The van der Waals surface area contributed by atoms with E-state index < -0.39 is 0 Å². The molecule has 3 rings (SSSR count). The van der Waals surface area contributed by atoms with E-state index >= 15 is 0 Å². The Labute approximate surface area is 161 Å². The van der Waals surface area contributed by atoms with Crippen LogP contribution in [-0.4, -0.2) is 24.0 Å². The molecule has 5 heteroatoms. The van der Waals surface area contributed by atoms with Crippen molar-refractivity contribution in [2.45, 2.75) is 52.4 Å². The number of anilines is 1. The zero-order valence-electron chi connectivity index (χ0n) is 16.3. The molecule has 0 atom stereocenters. The van der Waals surface area contributed by atoms with Crippen LogP contribution in [0.5, 0.6) is 0 Å². The van der Waals surface area contributed by atoms with E-state index in [0.717, 1.165) is 35.7 Å². The summed E-state index contributed by atoms with van der Waals surface area (Å²) in [6.45, 7) is 5.41. The van der Waals surface area contributed by atoms with Crippen LogP contribution in [0.2, 0.25) is 0 Å². The van der Waals surface area contributed by atoms with E-state index in [2.05, 4.69) is 33.8 Å². The van der Waals surface area contributed by atoms with Crippen molar-refractivity contribution in [3.8, 4) is 6.07 Å². The van der Waals surface area contributed by atoms with Crippen molar-refractivity contribution >= 4 is 22.6 Å². The first kappa shape index (κ1) is 19.2. The van der Waals surface area contributed by atoms with Crippen LogP contribution >= 0.6 is 0 Å². The molecule has 0 saturated heterocycles. The number of fused-ring (bicyclic) bond motifs is 1. The first-order valence-electron chi connectivity index (χ1n) is 9.92. The fraction of sp³-hybridized carbons (Fsp3) is 0.500. The molecule has 5 nitrogen and oxygen atoms in total. The van der Waals surface area contributed by atoms with Crippen molar-refractivity contribution in [3.63, 3.8) is 0 Å². The first-order chi connectivity index (χ1) is 13.1. The molecule has 0 bridgehead atoms. The van der Waals surface area contributed by atoms with Crippen molar-refractivity contribution in [1.82, 2.24) is 10.3 Å². The van der Waals surface area contributed by atoms with Gasteiger partial charge in [-0.2, -0.15) is 5.26 Å². The number of pyridine rings is 1. The molecule has 0 radical (unpaired) electrons. The molecule has 1 fully saturated rings. The Balaban J connectivity index is 1.55. The second kappa shape index (κ2) is 8.85. The van der Waals surface area contributed by atoms with Gasteiger partial charge in [-0.15, -0.1) is 0 Å². The number of hydrogen-bond acceptors (Lipinski definition) is 4. The van der Waals surface area contributed by atoms with Gasteiger partial charge in [0.15, 0.2) is 0 Å². The van der Waals surface area contributed by atoms with Gasteiger partial charge in [0, 0.05) is 24.4 Å². The Morgan fingerprint density at radius 1 is 1.19 bits per heavy atom. The lowest BCUT2D eigenvalue weighted by Gasteiger charge is -2.20. The Kier molecular flexibility index (Phi) is 6.28. The highest BCUT2D eigenvalue weighted by Crippen LogP contribution is 2.25. The number of benzene rings is 1. The summed E-state index contributed by atoms with van der Waals surface area (Å²) in [5.74, 6) is 1.02. The standard InChI is InChI=1S/C22H28N4O/c1-15-11-16(2)20-18(12-15)13-19(14-23)21(26-20)24-9-6-10-25-22(27)17-7-4-3-5-8-17/h11-13,17H,3-10H2,1-2H3,(H,24,26)(H,25,27). The zero-order valence-corrected chi connectivity index (χ0v) is 16.3. The predicted molar refractivity (Wildman–Crippen MR) is 109 cm³/mol. The average Bonchev–Trinajstić information content (AvgIpc) is 2.68. The van der Waals surface area contributed by atoms with Crippen molar-refractivity contribution in [1.29, 1.82) is 5.26 Å². The van der Waals surface area contributed by atoms with Gasteiger partial charge in [0.2, 0.25) is 5.91 Å². The molecule has 1 aliphatic rings. The van der Waals surface area contributed by atoms with E-state index in [4.69, 9.17) is 0 Å². The molecule has 1 amide bonds. The minimum atomic E-state index is 0.197. The molecule has 1 saturated carbocycles. The van der Waals surface area contributed by atoms with Gasteiger partial charge in [-0.25, -0.2) is 4.98 Å². The summed E-state index contributed by atoms with van der Waals surface area (Å²) < 4.78 is 0. The molecular weight excluding hydrogens is 336 g/mol. The van der Waals surface area contributed by atoms with Gasteiger partial charge in [-0.05, 0) is 50.8 Å². The number of nitriles is 1. The molecule has 0 aliphatic heterocycles. The highest BCUT2D eigenvalue weighted by Gasteiger charge is 2.20. The Morgan fingerprint density at radius 2 is 1.96 bits per heavy atom. The monoisotopic (exact) mass is 364 g/mol. The summed E-state index contributed by atoms with van der Waals surface area (Å²) in [5, 5.41) is 16.8. The molecule has 1 aliphatic carbocycles. The number of nitrogens with one attached hydrogen (secondary N) is 2.